The number of carbonyl (C=O) groups is 1. The second-order valence-corrected chi connectivity index (χ2v) is 6.75. The van der Waals surface area contributed by atoms with Crippen molar-refractivity contribution in [3.05, 3.63) is 35.8 Å². The minimum absolute atomic E-state index is 0.0561. The molecule has 0 saturated carbocycles. The summed E-state index contributed by atoms with van der Waals surface area (Å²) in [6.07, 6.45) is 6.09. The SMILES string of the molecule is Cc1cn2cc(C(=O)N(CCN(C)C)C[C@H]3CCCO3)ccc2n1. The number of aryl methyl sites for hydroxylation is 1. The summed E-state index contributed by atoms with van der Waals surface area (Å²) in [5, 5.41) is 0. The first-order chi connectivity index (χ1) is 11.5. The highest BCUT2D eigenvalue weighted by Crippen LogP contribution is 2.16. The van der Waals surface area contributed by atoms with E-state index in [0.29, 0.717) is 18.7 Å². The molecule has 1 aliphatic heterocycles. The average Bonchev–Trinajstić information content (AvgIpc) is 3.17. The van der Waals surface area contributed by atoms with Gasteiger partial charge in [0.1, 0.15) is 5.65 Å². The van der Waals surface area contributed by atoms with Gasteiger partial charge in [0.25, 0.3) is 5.91 Å². The molecule has 1 atom stereocenters. The van der Waals surface area contributed by atoms with Crippen LogP contribution in [0.25, 0.3) is 5.65 Å². The number of amides is 1. The van der Waals surface area contributed by atoms with Gasteiger partial charge in [-0.15, -0.1) is 0 Å². The van der Waals surface area contributed by atoms with Crippen LogP contribution >= 0.6 is 0 Å². The number of nitrogens with zero attached hydrogens (tertiary/aromatic N) is 4. The lowest BCUT2D eigenvalue weighted by molar-refractivity contribution is 0.0511. The van der Waals surface area contributed by atoms with E-state index < -0.39 is 0 Å². The standard InChI is InChI=1S/C18H26N4O2/c1-14-11-22-12-15(6-7-17(22)19-14)18(23)21(9-8-20(2)3)13-16-5-4-10-24-16/h6-7,11-12,16H,4-5,8-10,13H2,1-3H3/t16-/m1/s1. The van der Waals surface area contributed by atoms with Crippen molar-refractivity contribution in [2.45, 2.75) is 25.9 Å². The van der Waals surface area contributed by atoms with Gasteiger partial charge in [0, 0.05) is 38.6 Å². The fraction of sp³-hybridized carbons (Fsp3) is 0.556. The van der Waals surface area contributed by atoms with E-state index in [4.69, 9.17) is 4.74 Å². The van der Waals surface area contributed by atoms with Gasteiger partial charge in [0.2, 0.25) is 0 Å². The number of rotatable bonds is 6. The summed E-state index contributed by atoms with van der Waals surface area (Å²) in [7, 11) is 4.05. The van der Waals surface area contributed by atoms with Gasteiger partial charge < -0.3 is 18.9 Å². The molecule has 1 saturated heterocycles. The summed E-state index contributed by atoms with van der Waals surface area (Å²) in [5.41, 5.74) is 2.50. The molecule has 0 aromatic carbocycles. The summed E-state index contributed by atoms with van der Waals surface area (Å²) in [6, 6.07) is 3.76. The lowest BCUT2D eigenvalue weighted by Gasteiger charge is -2.27. The number of carbonyl (C=O) groups excluding carboxylic acids is 1. The molecule has 1 fully saturated rings. The second kappa shape index (κ2) is 7.32. The topological polar surface area (TPSA) is 50.1 Å². The molecule has 0 N–H and O–H groups in total. The highest BCUT2D eigenvalue weighted by atomic mass is 16.5. The summed E-state index contributed by atoms with van der Waals surface area (Å²) < 4.78 is 7.64. The highest BCUT2D eigenvalue weighted by Gasteiger charge is 2.23. The van der Waals surface area contributed by atoms with Crippen LogP contribution in [0.3, 0.4) is 0 Å². The molecule has 0 spiro atoms. The van der Waals surface area contributed by atoms with Crippen molar-refractivity contribution in [2.24, 2.45) is 0 Å². The van der Waals surface area contributed by atoms with Gasteiger partial charge in [-0.3, -0.25) is 4.79 Å². The maximum atomic E-state index is 13.0. The third-order valence-corrected chi connectivity index (χ3v) is 4.37. The maximum absolute atomic E-state index is 13.0. The smallest absolute Gasteiger partial charge is 0.255 e. The van der Waals surface area contributed by atoms with Crippen LogP contribution in [0.2, 0.25) is 0 Å². The Balaban J connectivity index is 1.78. The number of likely N-dealkylation sites (N-methyl/N-ethyl adjacent to an activating group) is 1. The average molecular weight is 330 g/mol. The van der Waals surface area contributed by atoms with Gasteiger partial charge in [0.15, 0.2) is 0 Å². The Bertz CT molecular complexity index is 704. The van der Waals surface area contributed by atoms with Crippen LogP contribution in [0.4, 0.5) is 0 Å². The van der Waals surface area contributed by atoms with E-state index in [1.54, 1.807) is 0 Å². The fourth-order valence-corrected chi connectivity index (χ4v) is 3.06. The molecule has 0 aliphatic carbocycles. The van der Waals surface area contributed by atoms with E-state index in [1.165, 1.54) is 0 Å². The maximum Gasteiger partial charge on any atom is 0.255 e. The summed E-state index contributed by atoms with van der Waals surface area (Å²) in [6.45, 7) is 4.96. The van der Waals surface area contributed by atoms with Crippen molar-refractivity contribution in [1.82, 2.24) is 19.2 Å². The van der Waals surface area contributed by atoms with E-state index in [0.717, 1.165) is 37.3 Å². The van der Waals surface area contributed by atoms with Gasteiger partial charge in [-0.25, -0.2) is 4.98 Å². The fourth-order valence-electron chi connectivity index (χ4n) is 3.06. The van der Waals surface area contributed by atoms with Crippen molar-refractivity contribution >= 4 is 11.6 Å². The molecule has 6 nitrogen and oxygen atoms in total. The normalized spacial score (nSPS) is 17.8. The van der Waals surface area contributed by atoms with Gasteiger partial charge in [-0.1, -0.05) is 0 Å². The van der Waals surface area contributed by atoms with Gasteiger partial charge in [-0.05, 0) is 46.0 Å². The molecule has 3 rings (SSSR count). The van der Waals surface area contributed by atoms with Crippen molar-refractivity contribution in [2.75, 3.05) is 40.3 Å². The lowest BCUT2D eigenvalue weighted by Crippen LogP contribution is -2.41. The van der Waals surface area contributed by atoms with Crippen molar-refractivity contribution in [1.29, 1.82) is 0 Å². The number of hydrogen-bond donors (Lipinski definition) is 0. The number of hydrogen-bond acceptors (Lipinski definition) is 4. The van der Waals surface area contributed by atoms with Crippen LogP contribution < -0.4 is 0 Å². The third kappa shape index (κ3) is 3.94. The molecule has 1 amide bonds. The van der Waals surface area contributed by atoms with E-state index in [2.05, 4.69) is 9.88 Å². The number of aromatic nitrogens is 2. The minimum atomic E-state index is 0.0561. The number of pyridine rings is 1. The zero-order chi connectivity index (χ0) is 17.1. The highest BCUT2D eigenvalue weighted by molar-refractivity contribution is 5.94. The Morgan fingerprint density at radius 2 is 2.17 bits per heavy atom. The van der Waals surface area contributed by atoms with E-state index in [-0.39, 0.29) is 12.0 Å². The monoisotopic (exact) mass is 330 g/mol. The zero-order valence-electron chi connectivity index (χ0n) is 14.7. The minimum Gasteiger partial charge on any atom is -0.376 e. The van der Waals surface area contributed by atoms with E-state index in [9.17, 15) is 4.79 Å². The number of imidazole rings is 1. The molecular formula is C18H26N4O2. The van der Waals surface area contributed by atoms with Gasteiger partial charge >= 0.3 is 0 Å². The molecule has 0 unspecified atom stereocenters. The Morgan fingerprint density at radius 3 is 2.88 bits per heavy atom. The van der Waals surface area contributed by atoms with Crippen LogP contribution in [-0.4, -0.2) is 71.5 Å². The van der Waals surface area contributed by atoms with Crippen LogP contribution in [0.5, 0.6) is 0 Å². The Labute approximate surface area is 143 Å². The van der Waals surface area contributed by atoms with Crippen LogP contribution in [-0.2, 0) is 4.74 Å². The van der Waals surface area contributed by atoms with E-state index in [1.807, 2.05) is 54.8 Å². The summed E-state index contributed by atoms with van der Waals surface area (Å²) in [5.74, 6) is 0.0561. The summed E-state index contributed by atoms with van der Waals surface area (Å²) in [4.78, 5) is 21.4. The van der Waals surface area contributed by atoms with Crippen LogP contribution in [0.1, 0.15) is 28.9 Å². The molecule has 24 heavy (non-hydrogen) atoms. The molecule has 2 aromatic rings. The molecule has 3 heterocycles. The molecule has 0 radical (unpaired) electrons. The first kappa shape index (κ1) is 16.9. The predicted octanol–water partition coefficient (Wildman–Crippen LogP) is 1.83. The summed E-state index contributed by atoms with van der Waals surface area (Å²) >= 11 is 0. The second-order valence-electron chi connectivity index (χ2n) is 6.75. The number of fused-ring (bicyclic) bond motifs is 1. The Hall–Kier alpha value is -1.92. The van der Waals surface area contributed by atoms with Crippen molar-refractivity contribution in [3.8, 4) is 0 Å². The molecule has 130 valence electrons. The Morgan fingerprint density at radius 1 is 1.33 bits per heavy atom. The van der Waals surface area contributed by atoms with Gasteiger partial charge in [-0.2, -0.15) is 0 Å². The predicted molar refractivity (Wildman–Crippen MR) is 93.4 cm³/mol. The largest absolute Gasteiger partial charge is 0.376 e. The van der Waals surface area contributed by atoms with Crippen molar-refractivity contribution in [3.63, 3.8) is 0 Å². The molecule has 6 heteroatoms. The van der Waals surface area contributed by atoms with Gasteiger partial charge in [0.05, 0.1) is 17.4 Å². The number of ether oxygens (including phenoxy) is 1. The first-order valence-corrected chi connectivity index (χ1v) is 8.54. The molecule has 1 aliphatic rings. The zero-order valence-corrected chi connectivity index (χ0v) is 14.7. The quantitative estimate of drug-likeness (QED) is 0.811. The van der Waals surface area contributed by atoms with Crippen LogP contribution in [0, 0.1) is 6.92 Å². The first-order valence-electron chi connectivity index (χ1n) is 8.54. The lowest BCUT2D eigenvalue weighted by atomic mass is 10.2. The third-order valence-electron chi connectivity index (χ3n) is 4.37. The molecular weight excluding hydrogens is 304 g/mol. The Kier molecular flexibility index (Phi) is 5.16. The van der Waals surface area contributed by atoms with E-state index >= 15 is 0 Å². The molecule has 0 bridgehead atoms. The molecule has 2 aromatic heterocycles. The van der Waals surface area contributed by atoms with Crippen molar-refractivity contribution < 1.29 is 9.53 Å². The van der Waals surface area contributed by atoms with Crippen LogP contribution in [0.15, 0.2) is 24.5 Å².